The van der Waals surface area contributed by atoms with Crippen molar-refractivity contribution in [3.05, 3.63) is 35.5 Å². The minimum atomic E-state index is -4.53. The normalized spacial score (nSPS) is 20.2. The number of methoxy groups -OCH3 is 1. The number of aromatic amines is 1. The van der Waals surface area contributed by atoms with E-state index in [2.05, 4.69) is 35.2 Å². The first kappa shape index (κ1) is 23.0. The summed E-state index contributed by atoms with van der Waals surface area (Å²) in [6.45, 7) is -0.379. The monoisotopic (exact) mass is 494 g/mol. The number of fused-ring (bicyclic) bond motifs is 1. The Labute approximate surface area is 195 Å². The molecule has 3 unspecified atom stereocenters. The third kappa shape index (κ3) is 4.62. The van der Waals surface area contributed by atoms with E-state index in [-0.39, 0.29) is 18.2 Å². The number of amides is 3. The molecule has 1 saturated heterocycles. The molecule has 3 amide bonds. The Morgan fingerprint density at radius 2 is 2.17 bits per heavy atom. The van der Waals surface area contributed by atoms with Crippen LogP contribution in [0.5, 0.6) is 0 Å². The second-order valence-corrected chi connectivity index (χ2v) is 8.51. The molecule has 3 atom stereocenters. The lowest BCUT2D eigenvalue weighted by Crippen LogP contribution is -2.40. The van der Waals surface area contributed by atoms with Gasteiger partial charge >= 0.3 is 12.2 Å². The Kier molecular flexibility index (Phi) is 5.78. The first-order valence-electron chi connectivity index (χ1n) is 10.8. The molecular weight excluding hydrogens is 473 g/mol. The maximum absolute atomic E-state index is 13.2. The van der Waals surface area contributed by atoms with Gasteiger partial charge in [-0.05, 0) is 35.5 Å². The fourth-order valence-electron chi connectivity index (χ4n) is 4.22. The maximum Gasteiger partial charge on any atom is 0.410 e. The van der Waals surface area contributed by atoms with Crippen LogP contribution in [0.2, 0.25) is 0 Å². The highest BCUT2D eigenvalue weighted by atomic mass is 19.4. The summed E-state index contributed by atoms with van der Waals surface area (Å²) in [5, 5.41) is 11.6. The predicted molar refractivity (Wildman–Crippen MR) is 111 cm³/mol. The summed E-state index contributed by atoms with van der Waals surface area (Å²) in [7, 11) is 1.46. The summed E-state index contributed by atoms with van der Waals surface area (Å²) in [6.07, 6.45) is -0.231. The Balaban J connectivity index is 1.41. The van der Waals surface area contributed by atoms with Gasteiger partial charge in [0, 0.05) is 13.3 Å². The molecule has 0 spiro atoms. The number of pyridine rings is 1. The van der Waals surface area contributed by atoms with Gasteiger partial charge in [-0.25, -0.2) is 19.4 Å². The number of carbonyl (C=O) groups is 2. The highest BCUT2D eigenvalue weighted by molar-refractivity contribution is 5.92. The quantitative estimate of drug-likeness (QED) is 0.429. The van der Waals surface area contributed by atoms with Crippen LogP contribution in [0.15, 0.2) is 23.1 Å². The summed E-state index contributed by atoms with van der Waals surface area (Å²) in [6, 6.07) is -2.16. The first-order chi connectivity index (χ1) is 16.7. The SMILES string of the molecule is COCC(NC(=O)c1cnon1)c1nc2ncc(C(C3CC3)N3CC(C(F)(F)F)NC3=O)cc2[nH]1. The smallest absolute Gasteiger partial charge is 0.382 e. The third-order valence-electron chi connectivity index (χ3n) is 6.02. The molecule has 0 bridgehead atoms. The molecule has 0 radical (unpaired) electrons. The largest absolute Gasteiger partial charge is 0.410 e. The molecule has 2 aliphatic rings. The van der Waals surface area contributed by atoms with E-state index >= 15 is 0 Å². The van der Waals surface area contributed by atoms with E-state index in [0.717, 1.165) is 12.8 Å². The number of hydrogen-bond acceptors (Lipinski definition) is 8. The third-order valence-corrected chi connectivity index (χ3v) is 6.02. The van der Waals surface area contributed by atoms with Crippen molar-refractivity contribution >= 4 is 23.1 Å². The number of nitrogens with zero attached hydrogens (tertiary/aromatic N) is 5. The molecule has 3 aromatic rings. The number of halogens is 3. The average Bonchev–Trinajstić information content (AvgIpc) is 3.19. The molecule has 3 aromatic heterocycles. The zero-order valence-electron chi connectivity index (χ0n) is 18.4. The van der Waals surface area contributed by atoms with Gasteiger partial charge in [0.25, 0.3) is 5.91 Å². The Morgan fingerprint density at radius 3 is 2.80 bits per heavy atom. The lowest BCUT2D eigenvalue weighted by atomic mass is 10.0. The molecule has 35 heavy (non-hydrogen) atoms. The number of rotatable bonds is 8. The van der Waals surface area contributed by atoms with Crippen molar-refractivity contribution < 1.29 is 32.1 Å². The van der Waals surface area contributed by atoms with Gasteiger partial charge in [0.1, 0.15) is 24.1 Å². The number of H-pyrrole nitrogens is 1. The fraction of sp³-hybridized carbons (Fsp3) is 0.500. The van der Waals surface area contributed by atoms with Gasteiger partial charge in [-0.2, -0.15) is 13.2 Å². The molecular formula is C20H21F3N8O4. The van der Waals surface area contributed by atoms with Crippen LogP contribution in [-0.2, 0) is 4.74 Å². The van der Waals surface area contributed by atoms with Crippen molar-refractivity contribution in [3.8, 4) is 0 Å². The van der Waals surface area contributed by atoms with Crippen molar-refractivity contribution in [2.45, 2.75) is 37.1 Å². The summed E-state index contributed by atoms with van der Waals surface area (Å²) in [5.74, 6) is -0.142. The van der Waals surface area contributed by atoms with Crippen LogP contribution < -0.4 is 10.6 Å². The number of alkyl halides is 3. The van der Waals surface area contributed by atoms with Gasteiger partial charge in [-0.15, -0.1) is 0 Å². The van der Waals surface area contributed by atoms with Gasteiger partial charge in [0.15, 0.2) is 11.3 Å². The minimum absolute atomic E-state index is 0.0176. The van der Waals surface area contributed by atoms with Crippen molar-refractivity contribution in [2.75, 3.05) is 20.3 Å². The number of imidazole rings is 1. The molecule has 4 heterocycles. The summed E-state index contributed by atoms with van der Waals surface area (Å²) in [4.78, 5) is 37.9. The van der Waals surface area contributed by atoms with Crippen LogP contribution >= 0.6 is 0 Å². The van der Waals surface area contributed by atoms with E-state index in [0.29, 0.717) is 22.6 Å². The van der Waals surface area contributed by atoms with Crippen LogP contribution in [0.1, 0.15) is 46.8 Å². The predicted octanol–water partition coefficient (Wildman–Crippen LogP) is 1.87. The summed E-state index contributed by atoms with van der Waals surface area (Å²) in [5.41, 5.74) is 1.44. The molecule has 186 valence electrons. The highest BCUT2D eigenvalue weighted by Crippen LogP contribution is 2.46. The van der Waals surface area contributed by atoms with E-state index in [1.807, 2.05) is 5.32 Å². The molecule has 0 aromatic carbocycles. The Hall–Kier alpha value is -3.75. The molecule has 1 aliphatic carbocycles. The van der Waals surface area contributed by atoms with Gasteiger partial charge in [0.2, 0.25) is 0 Å². The van der Waals surface area contributed by atoms with Gasteiger partial charge < -0.3 is 25.3 Å². The molecule has 12 nitrogen and oxygen atoms in total. The highest BCUT2D eigenvalue weighted by Gasteiger charge is 2.50. The van der Waals surface area contributed by atoms with Crippen LogP contribution in [-0.4, -0.2) is 74.6 Å². The fourth-order valence-corrected chi connectivity index (χ4v) is 4.22. The number of urea groups is 1. The molecule has 1 saturated carbocycles. The van der Waals surface area contributed by atoms with Crippen molar-refractivity contribution in [1.82, 2.24) is 40.8 Å². The second kappa shape index (κ2) is 8.79. The van der Waals surface area contributed by atoms with Crippen molar-refractivity contribution in [2.24, 2.45) is 5.92 Å². The number of hydrogen-bond donors (Lipinski definition) is 3. The van der Waals surface area contributed by atoms with Gasteiger partial charge in [0.05, 0.1) is 24.7 Å². The molecule has 5 rings (SSSR count). The molecule has 2 fully saturated rings. The van der Waals surface area contributed by atoms with Gasteiger partial charge in [-0.1, -0.05) is 5.16 Å². The van der Waals surface area contributed by atoms with E-state index in [1.165, 1.54) is 24.4 Å². The summed E-state index contributed by atoms with van der Waals surface area (Å²) < 4.78 is 49.2. The van der Waals surface area contributed by atoms with Crippen LogP contribution in [0, 0.1) is 5.92 Å². The number of ether oxygens (including phenoxy) is 1. The zero-order valence-corrected chi connectivity index (χ0v) is 18.4. The van der Waals surface area contributed by atoms with Crippen LogP contribution in [0.25, 0.3) is 11.2 Å². The van der Waals surface area contributed by atoms with E-state index in [9.17, 15) is 22.8 Å². The van der Waals surface area contributed by atoms with Crippen LogP contribution in [0.3, 0.4) is 0 Å². The molecule has 3 N–H and O–H groups in total. The van der Waals surface area contributed by atoms with Crippen LogP contribution in [0.4, 0.5) is 18.0 Å². The number of carbonyl (C=O) groups excluding carboxylic acids is 2. The topological polar surface area (TPSA) is 151 Å². The number of nitrogens with one attached hydrogen (secondary N) is 3. The second-order valence-electron chi connectivity index (χ2n) is 8.51. The average molecular weight is 494 g/mol. The lowest BCUT2D eigenvalue weighted by molar-refractivity contribution is -0.150. The number of aromatic nitrogens is 5. The molecule has 1 aliphatic heterocycles. The Morgan fingerprint density at radius 1 is 1.37 bits per heavy atom. The Bertz CT molecular complexity index is 1230. The minimum Gasteiger partial charge on any atom is -0.382 e. The maximum atomic E-state index is 13.2. The molecule has 15 heteroatoms. The van der Waals surface area contributed by atoms with E-state index < -0.39 is 42.8 Å². The van der Waals surface area contributed by atoms with E-state index in [4.69, 9.17) is 4.74 Å². The first-order valence-corrected chi connectivity index (χ1v) is 10.8. The lowest BCUT2D eigenvalue weighted by Gasteiger charge is -2.27. The van der Waals surface area contributed by atoms with Crippen molar-refractivity contribution in [3.63, 3.8) is 0 Å². The standard InChI is InChI=1S/C20H21F3N8O4/c1-34-8-13(27-18(32)12-6-25-35-30-12)17-26-11-4-10(5-24-16(11)29-17)15(9-2-3-9)31-7-14(20(21,22)23)28-19(31)33/h4-6,9,13-15H,2-3,7-8H2,1H3,(H,27,32)(H,28,33)(H,24,26,29). The van der Waals surface area contributed by atoms with E-state index in [1.54, 1.807) is 6.07 Å². The zero-order chi connectivity index (χ0) is 24.7. The van der Waals surface area contributed by atoms with Gasteiger partial charge in [-0.3, -0.25) is 4.79 Å². The summed E-state index contributed by atoms with van der Waals surface area (Å²) >= 11 is 0. The van der Waals surface area contributed by atoms with Crippen molar-refractivity contribution in [1.29, 1.82) is 0 Å².